The van der Waals surface area contributed by atoms with Crippen LogP contribution >= 0.6 is 0 Å². The molecule has 0 spiro atoms. The van der Waals surface area contributed by atoms with Crippen molar-refractivity contribution in [1.82, 2.24) is 29.7 Å². The fraction of sp³-hybridized carbons (Fsp3) is 0.407. The van der Waals surface area contributed by atoms with Gasteiger partial charge in [-0.15, -0.1) is 0 Å². The van der Waals surface area contributed by atoms with Gasteiger partial charge in [-0.1, -0.05) is 0 Å². The molecule has 45 heavy (non-hydrogen) atoms. The average molecular weight is 643 g/mol. The van der Waals surface area contributed by atoms with Gasteiger partial charge in [0, 0.05) is 25.3 Å². The van der Waals surface area contributed by atoms with E-state index in [0.717, 1.165) is 18.3 Å². The molecule has 3 aromatic heterocycles. The Balaban J connectivity index is 1.35. The number of β-amino-alcohol motifs (C(OH)–C–C–N with tert-alkyl or cyclic N) is 1. The number of anilines is 2. The number of fused-ring (bicyclic) bond motifs is 1. The number of halogens is 7. The first-order valence-corrected chi connectivity index (χ1v) is 13.6. The van der Waals surface area contributed by atoms with Gasteiger partial charge in [-0.3, -0.25) is 14.2 Å². The molecule has 0 amide bonds. The minimum absolute atomic E-state index is 0.0296. The summed E-state index contributed by atoms with van der Waals surface area (Å²) < 4.78 is 97.3. The van der Waals surface area contributed by atoms with Crippen LogP contribution < -0.4 is 21.3 Å². The minimum Gasteiger partial charge on any atom is -0.389 e. The maximum absolute atomic E-state index is 15.3. The number of hydrogen-bond donors (Lipinski definition) is 3. The average Bonchev–Trinajstić information content (AvgIpc) is 2.95. The number of aliphatic hydroxyl groups is 1. The molecule has 1 fully saturated rings. The number of hydrogen-bond acceptors (Lipinski definition) is 9. The quantitative estimate of drug-likeness (QED) is 0.244. The van der Waals surface area contributed by atoms with Gasteiger partial charge < -0.3 is 15.3 Å². The molecule has 1 aliphatic heterocycles. The summed E-state index contributed by atoms with van der Waals surface area (Å²) in [4.78, 5) is 37.8. The van der Waals surface area contributed by atoms with Crippen LogP contribution in [0.4, 0.5) is 42.2 Å². The highest BCUT2D eigenvalue weighted by molar-refractivity contribution is 5.82. The molecule has 4 heterocycles. The van der Waals surface area contributed by atoms with E-state index in [2.05, 4.69) is 25.4 Å². The molecule has 0 radical (unpaired) electrons. The van der Waals surface area contributed by atoms with Gasteiger partial charge >= 0.3 is 12.4 Å². The van der Waals surface area contributed by atoms with Crippen molar-refractivity contribution in [3.63, 3.8) is 0 Å². The number of nitrogens with one attached hydrogen (secondary N) is 2. The lowest BCUT2D eigenvalue weighted by molar-refractivity contribution is -0.138. The van der Waals surface area contributed by atoms with Crippen LogP contribution in [0.1, 0.15) is 37.8 Å². The van der Waals surface area contributed by atoms with E-state index >= 15 is 4.39 Å². The fourth-order valence-corrected chi connectivity index (χ4v) is 5.00. The molecule has 5 rings (SSSR count). The number of alkyl halides is 6. The Bertz CT molecular complexity index is 1860. The first-order chi connectivity index (χ1) is 21.1. The molecule has 1 unspecified atom stereocenters. The molecule has 1 aliphatic rings. The third-order valence-electron chi connectivity index (χ3n) is 7.51. The molecular formula is C27H25F7N8O3. The van der Waals surface area contributed by atoms with E-state index in [1.807, 2.05) is 0 Å². The van der Waals surface area contributed by atoms with Crippen molar-refractivity contribution >= 4 is 22.4 Å². The van der Waals surface area contributed by atoms with E-state index in [1.54, 1.807) is 12.0 Å². The van der Waals surface area contributed by atoms with Crippen molar-refractivity contribution in [2.24, 2.45) is 0 Å². The predicted octanol–water partition coefficient (Wildman–Crippen LogP) is 3.96. The second-order valence-corrected chi connectivity index (χ2v) is 10.7. The van der Waals surface area contributed by atoms with Crippen LogP contribution in [0.3, 0.4) is 0 Å². The summed E-state index contributed by atoms with van der Waals surface area (Å²) in [5, 5.41) is 17.4. The van der Waals surface area contributed by atoms with Crippen molar-refractivity contribution < 1.29 is 35.8 Å². The lowest BCUT2D eigenvalue weighted by Crippen LogP contribution is -2.59. The molecule has 240 valence electrons. The number of aromatic amines is 1. The van der Waals surface area contributed by atoms with Gasteiger partial charge in [-0.25, -0.2) is 24.4 Å². The smallest absolute Gasteiger partial charge is 0.389 e. The van der Waals surface area contributed by atoms with Gasteiger partial charge in [-0.2, -0.15) is 31.4 Å². The molecule has 18 heteroatoms. The topological polar surface area (TPSA) is 142 Å². The Morgan fingerprint density at radius 2 is 1.84 bits per heavy atom. The highest BCUT2D eigenvalue weighted by Crippen LogP contribution is 2.39. The number of aromatic nitrogens is 6. The minimum atomic E-state index is -4.91. The van der Waals surface area contributed by atoms with E-state index in [-0.39, 0.29) is 48.2 Å². The van der Waals surface area contributed by atoms with Crippen molar-refractivity contribution in [2.45, 2.75) is 63.8 Å². The number of H-pyrrole nitrogens is 1. The first kappa shape index (κ1) is 31.8. The normalized spacial score (nSPS) is 17.8. The second kappa shape index (κ2) is 11.7. The molecule has 1 saturated heterocycles. The summed E-state index contributed by atoms with van der Waals surface area (Å²) in [6, 6.07) is 0.814. The van der Waals surface area contributed by atoms with E-state index in [0.29, 0.717) is 6.20 Å². The van der Waals surface area contributed by atoms with Crippen molar-refractivity contribution in [1.29, 1.82) is 0 Å². The van der Waals surface area contributed by atoms with Crippen LogP contribution in [0.2, 0.25) is 0 Å². The number of aliphatic hydroxyl groups excluding tert-OH is 1. The van der Waals surface area contributed by atoms with Crippen LogP contribution in [-0.4, -0.2) is 59.6 Å². The van der Waals surface area contributed by atoms with Gasteiger partial charge in [0.15, 0.2) is 5.82 Å². The van der Waals surface area contributed by atoms with E-state index in [1.165, 1.54) is 22.7 Å². The number of nitrogens with zero attached hydrogens (tertiary/aromatic N) is 6. The fourth-order valence-electron chi connectivity index (χ4n) is 5.00. The van der Waals surface area contributed by atoms with Crippen LogP contribution in [0.15, 0.2) is 40.4 Å². The van der Waals surface area contributed by atoms with E-state index in [4.69, 9.17) is 0 Å². The van der Waals surface area contributed by atoms with E-state index in [9.17, 15) is 41.0 Å². The largest absolute Gasteiger partial charge is 0.423 e. The standard InChI is InChI=1S/C27H25F7N8O3/c1-12(38-19-9-37-40-24(44)21(19)27(32,33)34)4-3-5-41-11-36-18-7-14(17(28)6-15(18)25(41)45)22-35-8-16(26(29,30)31)23(39-22)42-10-20(43)13(42)2/h6-9,11-13,20,43H,3-5,10H2,1-2H3,(H2,38,40,44)/t12?,13-,20-/m1/s1. The summed E-state index contributed by atoms with van der Waals surface area (Å²) in [6.45, 7) is 3.07. The van der Waals surface area contributed by atoms with Gasteiger partial charge in [0.05, 0.1) is 46.8 Å². The zero-order valence-corrected chi connectivity index (χ0v) is 23.5. The van der Waals surface area contributed by atoms with Crippen molar-refractivity contribution in [2.75, 3.05) is 16.8 Å². The molecule has 0 bridgehead atoms. The zero-order valence-electron chi connectivity index (χ0n) is 23.5. The highest BCUT2D eigenvalue weighted by Gasteiger charge is 2.43. The third kappa shape index (κ3) is 6.31. The highest BCUT2D eigenvalue weighted by atomic mass is 19.4. The number of aryl methyl sites for hydroxylation is 1. The summed E-state index contributed by atoms with van der Waals surface area (Å²) in [5.41, 5.74) is -5.32. The Morgan fingerprint density at radius 1 is 1.11 bits per heavy atom. The molecule has 0 aliphatic carbocycles. The van der Waals surface area contributed by atoms with Crippen molar-refractivity contribution in [3.05, 3.63) is 68.5 Å². The molecule has 1 aromatic carbocycles. The van der Waals surface area contributed by atoms with E-state index < -0.39 is 70.1 Å². The Kier molecular flexibility index (Phi) is 8.28. The number of rotatable bonds is 8. The first-order valence-electron chi connectivity index (χ1n) is 13.6. The Morgan fingerprint density at radius 3 is 2.49 bits per heavy atom. The third-order valence-corrected chi connectivity index (χ3v) is 7.51. The predicted molar refractivity (Wildman–Crippen MR) is 147 cm³/mol. The monoisotopic (exact) mass is 642 g/mol. The lowest BCUT2D eigenvalue weighted by Gasteiger charge is -2.45. The molecule has 0 saturated carbocycles. The molecule has 3 atom stereocenters. The summed E-state index contributed by atoms with van der Waals surface area (Å²) >= 11 is 0. The molecule has 11 nitrogen and oxygen atoms in total. The summed E-state index contributed by atoms with van der Waals surface area (Å²) in [5.74, 6) is -1.86. The molecular weight excluding hydrogens is 617 g/mol. The van der Waals surface area contributed by atoms with Gasteiger partial charge in [-0.05, 0) is 38.8 Å². The van der Waals surface area contributed by atoms with Crippen LogP contribution in [-0.2, 0) is 18.9 Å². The maximum Gasteiger partial charge on any atom is 0.423 e. The summed E-state index contributed by atoms with van der Waals surface area (Å²) in [6.07, 6.45) is -7.44. The lowest BCUT2D eigenvalue weighted by atomic mass is 10.0. The summed E-state index contributed by atoms with van der Waals surface area (Å²) in [7, 11) is 0. The maximum atomic E-state index is 15.3. The SMILES string of the molecule is CC(CCCn1cnc2cc(-c3ncc(C(F)(F)F)c(N4C[C@@H](O)[C@H]4C)n3)c(F)cc2c1=O)Nc1cn[nH]c(=O)c1C(F)(F)F. The number of benzene rings is 1. The van der Waals surface area contributed by atoms with Crippen LogP contribution in [0.25, 0.3) is 22.3 Å². The van der Waals surface area contributed by atoms with Crippen LogP contribution in [0.5, 0.6) is 0 Å². The van der Waals surface area contributed by atoms with Gasteiger partial charge in [0.2, 0.25) is 0 Å². The zero-order chi connectivity index (χ0) is 32.8. The van der Waals surface area contributed by atoms with Crippen LogP contribution in [0, 0.1) is 5.82 Å². The van der Waals surface area contributed by atoms with Gasteiger partial charge in [0.1, 0.15) is 22.8 Å². The molecule has 4 aromatic rings. The Hall–Kier alpha value is -4.61. The molecule has 3 N–H and O–H groups in total. The van der Waals surface area contributed by atoms with Crippen molar-refractivity contribution in [3.8, 4) is 11.4 Å². The van der Waals surface area contributed by atoms with Gasteiger partial charge in [0.25, 0.3) is 11.1 Å². The Labute approximate surface area is 248 Å². The second-order valence-electron chi connectivity index (χ2n) is 10.7.